The van der Waals surface area contributed by atoms with Crippen LogP contribution in [0.4, 0.5) is 10.1 Å². The van der Waals surface area contributed by atoms with E-state index in [1.54, 1.807) is 0 Å². The van der Waals surface area contributed by atoms with Gasteiger partial charge < -0.3 is 4.90 Å². The molecule has 0 unspecified atom stereocenters. The molecule has 0 N–H and O–H groups in total. The molecule has 144 valence electrons. The minimum atomic E-state index is -0.481. The van der Waals surface area contributed by atoms with E-state index in [9.17, 15) is 18.8 Å². The molecule has 3 heterocycles. The van der Waals surface area contributed by atoms with Gasteiger partial charge in [-0.2, -0.15) is 0 Å². The first-order valence-corrected chi connectivity index (χ1v) is 9.70. The number of amides is 3. The lowest BCUT2D eigenvalue weighted by molar-refractivity contribution is -0.136. The highest BCUT2D eigenvalue weighted by Crippen LogP contribution is 2.29. The summed E-state index contributed by atoms with van der Waals surface area (Å²) in [6, 6.07) is 4.92. The first kappa shape index (κ1) is 18.1. The van der Waals surface area contributed by atoms with E-state index >= 15 is 0 Å². The van der Waals surface area contributed by atoms with Crippen LogP contribution in [-0.4, -0.2) is 59.7 Å². The SMILES string of the molecule is O=C(C1CCN([C@H]2CC(=O)N(c3ccc(F)cc3)C2=O)CC1)N1CCCC1. The van der Waals surface area contributed by atoms with Gasteiger partial charge in [-0.3, -0.25) is 19.3 Å². The normalized spacial score (nSPS) is 24.9. The summed E-state index contributed by atoms with van der Waals surface area (Å²) in [6.07, 6.45) is 3.76. The Labute approximate surface area is 157 Å². The van der Waals surface area contributed by atoms with Crippen LogP contribution in [0.15, 0.2) is 24.3 Å². The molecule has 7 heteroatoms. The Kier molecular flexibility index (Phi) is 4.95. The molecule has 4 rings (SSSR count). The molecular formula is C20H24FN3O3. The molecule has 6 nitrogen and oxygen atoms in total. The summed E-state index contributed by atoms with van der Waals surface area (Å²) in [7, 11) is 0. The maximum Gasteiger partial charge on any atom is 0.251 e. The van der Waals surface area contributed by atoms with E-state index in [-0.39, 0.29) is 30.1 Å². The van der Waals surface area contributed by atoms with Gasteiger partial charge in [0.2, 0.25) is 11.8 Å². The first-order chi connectivity index (χ1) is 13.0. The van der Waals surface area contributed by atoms with Gasteiger partial charge in [-0.1, -0.05) is 0 Å². The number of rotatable bonds is 3. The molecule has 0 radical (unpaired) electrons. The summed E-state index contributed by atoms with van der Waals surface area (Å²) in [5.41, 5.74) is 0.410. The third kappa shape index (κ3) is 3.48. The van der Waals surface area contributed by atoms with Gasteiger partial charge in [-0.15, -0.1) is 0 Å². The van der Waals surface area contributed by atoms with Crippen molar-refractivity contribution in [3.05, 3.63) is 30.1 Å². The average molecular weight is 373 g/mol. The number of nitrogens with zero attached hydrogens (tertiary/aromatic N) is 3. The standard InChI is InChI=1S/C20H24FN3O3/c21-15-3-5-16(6-4-15)24-18(25)13-17(20(24)27)22-11-7-14(8-12-22)19(26)23-9-1-2-10-23/h3-6,14,17H,1-2,7-13H2/t17-/m0/s1. The van der Waals surface area contributed by atoms with Gasteiger partial charge in [0.1, 0.15) is 5.82 Å². The number of hydrogen-bond donors (Lipinski definition) is 0. The number of benzene rings is 1. The zero-order valence-corrected chi connectivity index (χ0v) is 15.3. The van der Waals surface area contributed by atoms with Crippen molar-refractivity contribution in [1.29, 1.82) is 0 Å². The maximum atomic E-state index is 13.1. The minimum absolute atomic E-state index is 0.0276. The highest BCUT2D eigenvalue weighted by molar-refractivity contribution is 6.22. The van der Waals surface area contributed by atoms with Crippen molar-refractivity contribution in [3.63, 3.8) is 0 Å². The van der Waals surface area contributed by atoms with Gasteiger partial charge in [0.25, 0.3) is 5.91 Å². The summed E-state index contributed by atoms with van der Waals surface area (Å²) in [4.78, 5) is 42.9. The smallest absolute Gasteiger partial charge is 0.251 e. The average Bonchev–Trinajstić information content (AvgIpc) is 3.31. The number of likely N-dealkylation sites (tertiary alicyclic amines) is 2. The van der Waals surface area contributed by atoms with Gasteiger partial charge in [-0.25, -0.2) is 9.29 Å². The number of carbonyl (C=O) groups excluding carboxylic acids is 3. The van der Waals surface area contributed by atoms with Crippen molar-refractivity contribution in [3.8, 4) is 0 Å². The number of imide groups is 1. The quantitative estimate of drug-likeness (QED) is 0.758. The molecule has 3 fully saturated rings. The number of hydrogen-bond acceptors (Lipinski definition) is 4. The van der Waals surface area contributed by atoms with Crippen molar-refractivity contribution in [2.24, 2.45) is 5.92 Å². The van der Waals surface area contributed by atoms with Crippen molar-refractivity contribution >= 4 is 23.4 Å². The lowest BCUT2D eigenvalue weighted by atomic mass is 9.94. The number of piperidine rings is 1. The Morgan fingerprint density at radius 1 is 0.963 bits per heavy atom. The summed E-state index contributed by atoms with van der Waals surface area (Å²) in [6.45, 7) is 3.01. The molecule has 27 heavy (non-hydrogen) atoms. The van der Waals surface area contributed by atoms with Gasteiger partial charge in [-0.05, 0) is 63.0 Å². The van der Waals surface area contributed by atoms with E-state index < -0.39 is 11.9 Å². The largest absolute Gasteiger partial charge is 0.342 e. The molecule has 3 saturated heterocycles. The van der Waals surface area contributed by atoms with Crippen molar-refractivity contribution < 1.29 is 18.8 Å². The molecule has 3 aliphatic rings. The second kappa shape index (κ2) is 7.38. The van der Waals surface area contributed by atoms with Crippen LogP contribution in [0.2, 0.25) is 0 Å². The fourth-order valence-electron chi connectivity index (χ4n) is 4.42. The molecule has 0 spiro atoms. The molecule has 0 bridgehead atoms. The highest BCUT2D eigenvalue weighted by Gasteiger charge is 2.44. The fourth-order valence-corrected chi connectivity index (χ4v) is 4.42. The van der Waals surface area contributed by atoms with E-state index in [1.165, 1.54) is 24.3 Å². The van der Waals surface area contributed by atoms with Gasteiger partial charge in [0.15, 0.2) is 0 Å². The van der Waals surface area contributed by atoms with E-state index in [0.717, 1.165) is 43.7 Å². The molecule has 1 aromatic rings. The molecule has 1 atom stereocenters. The minimum Gasteiger partial charge on any atom is -0.342 e. The zero-order valence-electron chi connectivity index (χ0n) is 15.3. The maximum absolute atomic E-state index is 13.1. The first-order valence-electron chi connectivity index (χ1n) is 9.70. The molecule has 0 aliphatic carbocycles. The van der Waals surface area contributed by atoms with Crippen molar-refractivity contribution in [2.75, 3.05) is 31.1 Å². The molecule has 3 amide bonds. The molecule has 3 aliphatic heterocycles. The topological polar surface area (TPSA) is 60.9 Å². The van der Waals surface area contributed by atoms with E-state index in [4.69, 9.17) is 0 Å². The van der Waals surface area contributed by atoms with Gasteiger partial charge in [0.05, 0.1) is 18.2 Å². The predicted molar refractivity (Wildman–Crippen MR) is 97.4 cm³/mol. The summed E-state index contributed by atoms with van der Waals surface area (Å²) in [5, 5.41) is 0. The molecule has 1 aromatic carbocycles. The lowest BCUT2D eigenvalue weighted by Gasteiger charge is -2.35. The van der Waals surface area contributed by atoms with Crippen LogP contribution in [0.1, 0.15) is 32.1 Å². The van der Waals surface area contributed by atoms with Crippen LogP contribution < -0.4 is 4.90 Å². The fraction of sp³-hybridized carbons (Fsp3) is 0.550. The Morgan fingerprint density at radius 2 is 1.59 bits per heavy atom. The molecular weight excluding hydrogens is 349 g/mol. The van der Waals surface area contributed by atoms with Crippen molar-refractivity contribution in [1.82, 2.24) is 9.80 Å². The van der Waals surface area contributed by atoms with Crippen LogP contribution in [0, 0.1) is 11.7 Å². The van der Waals surface area contributed by atoms with Crippen LogP contribution in [0.3, 0.4) is 0 Å². The highest BCUT2D eigenvalue weighted by atomic mass is 19.1. The number of carbonyl (C=O) groups is 3. The Bertz CT molecular complexity index is 737. The summed E-state index contributed by atoms with van der Waals surface area (Å²) >= 11 is 0. The Balaban J connectivity index is 1.38. The number of halogens is 1. The number of anilines is 1. The van der Waals surface area contributed by atoms with Crippen LogP contribution in [0.25, 0.3) is 0 Å². The summed E-state index contributed by atoms with van der Waals surface area (Å²) < 4.78 is 13.1. The van der Waals surface area contributed by atoms with E-state index in [2.05, 4.69) is 0 Å². The molecule has 0 aromatic heterocycles. The summed E-state index contributed by atoms with van der Waals surface area (Å²) in [5.74, 6) is -0.643. The van der Waals surface area contributed by atoms with Crippen LogP contribution >= 0.6 is 0 Å². The Morgan fingerprint density at radius 3 is 2.22 bits per heavy atom. The van der Waals surface area contributed by atoms with Gasteiger partial charge in [0, 0.05) is 19.0 Å². The van der Waals surface area contributed by atoms with Crippen LogP contribution in [0.5, 0.6) is 0 Å². The lowest BCUT2D eigenvalue weighted by Crippen LogP contribution is -2.48. The third-order valence-electron chi connectivity index (χ3n) is 5.94. The zero-order chi connectivity index (χ0) is 19.0. The third-order valence-corrected chi connectivity index (χ3v) is 5.94. The van der Waals surface area contributed by atoms with Crippen molar-refractivity contribution in [2.45, 2.75) is 38.1 Å². The second-order valence-corrected chi connectivity index (χ2v) is 7.61. The van der Waals surface area contributed by atoms with E-state index in [1.807, 2.05) is 9.80 Å². The second-order valence-electron chi connectivity index (χ2n) is 7.61. The molecule has 0 saturated carbocycles. The van der Waals surface area contributed by atoms with Crippen LogP contribution in [-0.2, 0) is 14.4 Å². The predicted octanol–water partition coefficient (Wildman–Crippen LogP) is 1.79. The van der Waals surface area contributed by atoms with E-state index in [0.29, 0.717) is 18.8 Å². The van der Waals surface area contributed by atoms with Gasteiger partial charge >= 0.3 is 0 Å². The monoisotopic (exact) mass is 373 g/mol. The Hall–Kier alpha value is -2.28.